The van der Waals surface area contributed by atoms with Crippen LogP contribution in [0.25, 0.3) is 0 Å². The molecular formula is C16H20N6. The molecule has 114 valence electrons. The summed E-state index contributed by atoms with van der Waals surface area (Å²) in [4.78, 5) is 12.0. The van der Waals surface area contributed by atoms with Gasteiger partial charge in [0.15, 0.2) is 0 Å². The van der Waals surface area contributed by atoms with Crippen LogP contribution in [0, 0.1) is 6.92 Å². The summed E-state index contributed by atoms with van der Waals surface area (Å²) in [5.74, 6) is 0.865. The number of imidazole rings is 1. The van der Waals surface area contributed by atoms with E-state index >= 15 is 0 Å². The van der Waals surface area contributed by atoms with E-state index in [9.17, 15) is 0 Å². The highest BCUT2D eigenvalue weighted by molar-refractivity contribution is 5.18. The predicted octanol–water partition coefficient (Wildman–Crippen LogP) is 2.15. The third-order valence-electron chi connectivity index (χ3n) is 3.50. The number of pyridine rings is 1. The summed E-state index contributed by atoms with van der Waals surface area (Å²) in [6, 6.07) is 8.15. The van der Waals surface area contributed by atoms with Gasteiger partial charge < -0.3 is 4.98 Å². The lowest BCUT2D eigenvalue weighted by atomic mass is 10.1. The molecule has 3 aromatic rings. The number of aromatic nitrogens is 5. The SMILES string of the molecule is Cc1cc(C[C@@H](C)N[C@@H](c2ccccn2)c2ncc[nH]2)n[nH]1. The normalized spacial score (nSPS) is 13.9. The zero-order chi connectivity index (χ0) is 15.4. The van der Waals surface area contributed by atoms with Gasteiger partial charge in [0, 0.05) is 36.7 Å². The number of H-pyrrole nitrogens is 2. The first-order valence-electron chi connectivity index (χ1n) is 7.39. The first kappa shape index (κ1) is 14.5. The molecule has 0 aromatic carbocycles. The highest BCUT2D eigenvalue weighted by atomic mass is 15.1. The number of nitrogens with zero attached hydrogens (tertiary/aromatic N) is 3. The number of hydrogen-bond acceptors (Lipinski definition) is 4. The lowest BCUT2D eigenvalue weighted by Gasteiger charge is -2.21. The minimum Gasteiger partial charge on any atom is -0.347 e. The quantitative estimate of drug-likeness (QED) is 0.651. The summed E-state index contributed by atoms with van der Waals surface area (Å²) in [6.07, 6.45) is 6.23. The number of nitrogens with one attached hydrogen (secondary N) is 3. The highest BCUT2D eigenvalue weighted by Gasteiger charge is 2.20. The van der Waals surface area contributed by atoms with Crippen LogP contribution >= 0.6 is 0 Å². The Morgan fingerprint density at radius 2 is 2.14 bits per heavy atom. The molecule has 0 aliphatic carbocycles. The van der Waals surface area contributed by atoms with E-state index in [1.165, 1.54) is 0 Å². The second kappa shape index (κ2) is 6.53. The van der Waals surface area contributed by atoms with Crippen molar-refractivity contribution in [1.29, 1.82) is 0 Å². The van der Waals surface area contributed by atoms with E-state index < -0.39 is 0 Å². The molecule has 0 saturated heterocycles. The Hall–Kier alpha value is -2.47. The van der Waals surface area contributed by atoms with E-state index in [-0.39, 0.29) is 12.1 Å². The van der Waals surface area contributed by atoms with Crippen LogP contribution in [0.1, 0.15) is 35.9 Å². The zero-order valence-electron chi connectivity index (χ0n) is 12.7. The van der Waals surface area contributed by atoms with E-state index in [1.807, 2.05) is 31.3 Å². The van der Waals surface area contributed by atoms with Gasteiger partial charge in [-0.15, -0.1) is 0 Å². The fraction of sp³-hybridized carbons (Fsp3) is 0.312. The summed E-state index contributed by atoms with van der Waals surface area (Å²) < 4.78 is 0. The number of rotatable bonds is 6. The zero-order valence-corrected chi connectivity index (χ0v) is 12.7. The molecule has 0 bridgehead atoms. The Morgan fingerprint density at radius 1 is 1.23 bits per heavy atom. The van der Waals surface area contributed by atoms with Crippen molar-refractivity contribution in [2.45, 2.75) is 32.4 Å². The van der Waals surface area contributed by atoms with Crippen LogP contribution in [0.3, 0.4) is 0 Å². The average Bonchev–Trinajstić information content (AvgIpc) is 3.18. The molecule has 0 radical (unpaired) electrons. The molecular weight excluding hydrogens is 276 g/mol. The highest BCUT2D eigenvalue weighted by Crippen LogP contribution is 2.18. The van der Waals surface area contributed by atoms with Crippen molar-refractivity contribution in [2.24, 2.45) is 0 Å². The van der Waals surface area contributed by atoms with Gasteiger partial charge in [0.2, 0.25) is 0 Å². The van der Waals surface area contributed by atoms with Crippen molar-refractivity contribution in [1.82, 2.24) is 30.5 Å². The first-order chi connectivity index (χ1) is 10.7. The monoisotopic (exact) mass is 296 g/mol. The maximum Gasteiger partial charge on any atom is 0.129 e. The Kier molecular flexibility index (Phi) is 4.29. The summed E-state index contributed by atoms with van der Waals surface area (Å²) in [7, 11) is 0. The van der Waals surface area contributed by atoms with Crippen LogP contribution in [0.4, 0.5) is 0 Å². The molecule has 3 rings (SSSR count). The summed E-state index contributed by atoms with van der Waals surface area (Å²) in [5, 5.41) is 10.9. The van der Waals surface area contributed by atoms with Gasteiger partial charge in [0.1, 0.15) is 11.9 Å². The first-order valence-corrected chi connectivity index (χ1v) is 7.39. The Balaban J connectivity index is 1.75. The fourth-order valence-electron chi connectivity index (χ4n) is 2.52. The topological polar surface area (TPSA) is 82.3 Å². The van der Waals surface area contributed by atoms with Crippen molar-refractivity contribution in [2.75, 3.05) is 0 Å². The predicted molar refractivity (Wildman–Crippen MR) is 84.3 cm³/mol. The summed E-state index contributed by atoms with van der Waals surface area (Å²) in [5.41, 5.74) is 3.08. The second-order valence-electron chi connectivity index (χ2n) is 5.48. The molecule has 0 aliphatic rings. The molecule has 3 heterocycles. The van der Waals surface area contributed by atoms with E-state index in [0.717, 1.165) is 29.3 Å². The molecule has 0 fully saturated rings. The van der Waals surface area contributed by atoms with Crippen molar-refractivity contribution in [3.05, 3.63) is 65.8 Å². The number of aryl methyl sites for hydroxylation is 1. The maximum absolute atomic E-state index is 4.45. The van der Waals surface area contributed by atoms with Gasteiger partial charge in [-0.25, -0.2) is 4.98 Å². The average molecular weight is 296 g/mol. The summed E-state index contributed by atoms with van der Waals surface area (Å²) >= 11 is 0. The van der Waals surface area contributed by atoms with Crippen LogP contribution in [0.2, 0.25) is 0 Å². The van der Waals surface area contributed by atoms with Crippen LogP contribution in [0.5, 0.6) is 0 Å². The number of aromatic amines is 2. The van der Waals surface area contributed by atoms with E-state index in [0.29, 0.717) is 0 Å². The third kappa shape index (κ3) is 3.40. The van der Waals surface area contributed by atoms with E-state index in [2.05, 4.69) is 43.5 Å². The maximum atomic E-state index is 4.45. The molecule has 3 N–H and O–H groups in total. The Morgan fingerprint density at radius 3 is 2.77 bits per heavy atom. The van der Waals surface area contributed by atoms with Crippen LogP contribution in [-0.4, -0.2) is 31.2 Å². The number of hydrogen-bond donors (Lipinski definition) is 3. The molecule has 0 amide bonds. The van der Waals surface area contributed by atoms with Crippen molar-refractivity contribution >= 4 is 0 Å². The van der Waals surface area contributed by atoms with Crippen LogP contribution in [0.15, 0.2) is 42.9 Å². The standard InChI is InChI=1S/C16H20N6/c1-11(9-13-10-12(2)21-22-13)20-15(16-18-7-8-19-16)14-5-3-4-6-17-14/h3-8,10-11,15,20H,9H2,1-2H3,(H,18,19)(H,21,22)/t11-,15+/m1/s1. The third-order valence-corrected chi connectivity index (χ3v) is 3.50. The minimum atomic E-state index is -0.0637. The van der Waals surface area contributed by atoms with Crippen molar-refractivity contribution in [3.8, 4) is 0 Å². The summed E-state index contributed by atoms with van der Waals surface area (Å²) in [6.45, 7) is 4.15. The van der Waals surface area contributed by atoms with Crippen LogP contribution in [-0.2, 0) is 6.42 Å². The van der Waals surface area contributed by atoms with Gasteiger partial charge in [-0.2, -0.15) is 5.10 Å². The fourth-order valence-corrected chi connectivity index (χ4v) is 2.52. The van der Waals surface area contributed by atoms with Crippen molar-refractivity contribution in [3.63, 3.8) is 0 Å². The van der Waals surface area contributed by atoms with Gasteiger partial charge in [0.05, 0.1) is 11.4 Å². The van der Waals surface area contributed by atoms with Crippen LogP contribution < -0.4 is 5.32 Å². The van der Waals surface area contributed by atoms with Gasteiger partial charge in [-0.1, -0.05) is 6.07 Å². The molecule has 0 unspecified atom stereocenters. The minimum absolute atomic E-state index is 0.0637. The molecule has 22 heavy (non-hydrogen) atoms. The second-order valence-corrected chi connectivity index (χ2v) is 5.48. The largest absolute Gasteiger partial charge is 0.347 e. The molecule has 0 aliphatic heterocycles. The molecule has 6 heteroatoms. The molecule has 0 saturated carbocycles. The smallest absolute Gasteiger partial charge is 0.129 e. The molecule has 0 spiro atoms. The lowest BCUT2D eigenvalue weighted by Crippen LogP contribution is -2.34. The molecule has 6 nitrogen and oxygen atoms in total. The van der Waals surface area contributed by atoms with Gasteiger partial charge in [-0.3, -0.25) is 15.4 Å². The molecule has 2 atom stereocenters. The Bertz CT molecular complexity index is 689. The molecule has 3 aromatic heterocycles. The van der Waals surface area contributed by atoms with E-state index in [4.69, 9.17) is 0 Å². The van der Waals surface area contributed by atoms with Crippen molar-refractivity contribution < 1.29 is 0 Å². The van der Waals surface area contributed by atoms with E-state index in [1.54, 1.807) is 12.4 Å². The lowest BCUT2D eigenvalue weighted by molar-refractivity contribution is 0.473. The Labute approximate surface area is 129 Å². The van der Waals surface area contributed by atoms with Gasteiger partial charge in [0.25, 0.3) is 0 Å². The van der Waals surface area contributed by atoms with Gasteiger partial charge in [-0.05, 0) is 32.0 Å². The van der Waals surface area contributed by atoms with Gasteiger partial charge >= 0.3 is 0 Å².